The molecule has 1 fully saturated rings. The molecule has 0 spiro atoms. The fourth-order valence-electron chi connectivity index (χ4n) is 2.11. The largest absolute Gasteiger partial charge is 0.394 e. The van der Waals surface area contributed by atoms with Crippen LogP contribution < -0.4 is 0 Å². The second kappa shape index (κ2) is 4.52. The van der Waals surface area contributed by atoms with Crippen molar-refractivity contribution in [1.29, 1.82) is 0 Å². The number of ether oxygens (including phenoxy) is 1. The Morgan fingerprint density at radius 2 is 2.32 bits per heavy atom. The van der Waals surface area contributed by atoms with Gasteiger partial charge >= 0.3 is 0 Å². The van der Waals surface area contributed by atoms with Gasteiger partial charge in [0.1, 0.15) is 11.8 Å². The average molecular weight is 307 g/mol. The number of fused-ring (bicyclic) bond motifs is 1. The minimum absolute atomic E-state index is 0.117. The van der Waals surface area contributed by atoms with Crippen molar-refractivity contribution in [2.45, 2.75) is 23.9 Å². The first-order chi connectivity index (χ1) is 9.03. The first-order valence-electron chi connectivity index (χ1n) is 5.50. The lowest BCUT2D eigenvalue weighted by Gasteiger charge is -2.20. The van der Waals surface area contributed by atoms with Gasteiger partial charge in [-0.3, -0.25) is 4.57 Å². The van der Waals surface area contributed by atoms with Crippen molar-refractivity contribution < 1.29 is 14.2 Å². The zero-order chi connectivity index (χ0) is 13.6. The Morgan fingerprint density at radius 1 is 1.53 bits per heavy atom. The highest BCUT2D eigenvalue weighted by molar-refractivity contribution is 6.33. The van der Waals surface area contributed by atoms with Gasteiger partial charge in [0.25, 0.3) is 0 Å². The molecule has 19 heavy (non-hydrogen) atoms. The third kappa shape index (κ3) is 2.06. The summed E-state index contributed by atoms with van der Waals surface area (Å²) in [5.41, 5.74) is 0.666. The Kier molecular flexibility index (Phi) is 3.09. The molecule has 6 nitrogen and oxygen atoms in total. The molecule has 0 bridgehead atoms. The number of aliphatic hydroxyl groups excluding tert-OH is 1. The third-order valence-corrected chi connectivity index (χ3v) is 3.57. The van der Waals surface area contributed by atoms with Crippen LogP contribution in [0.1, 0.15) is 12.6 Å². The second-order valence-corrected chi connectivity index (χ2v) is 5.23. The maximum atomic E-state index is 14.3. The van der Waals surface area contributed by atoms with Crippen molar-refractivity contribution in [3.05, 3.63) is 17.8 Å². The van der Waals surface area contributed by atoms with Gasteiger partial charge < -0.3 is 9.84 Å². The van der Waals surface area contributed by atoms with E-state index in [1.807, 2.05) is 0 Å². The van der Waals surface area contributed by atoms with Gasteiger partial charge in [-0.05, 0) is 0 Å². The molecule has 3 rings (SSSR count). The highest BCUT2D eigenvalue weighted by atomic mass is 35.5. The third-order valence-electron chi connectivity index (χ3n) is 2.95. The van der Waals surface area contributed by atoms with E-state index in [2.05, 4.69) is 15.0 Å². The van der Waals surface area contributed by atoms with Crippen molar-refractivity contribution in [3.8, 4) is 0 Å². The van der Waals surface area contributed by atoms with Crippen LogP contribution in [0.5, 0.6) is 0 Å². The fraction of sp³-hybridized carbons (Fsp3) is 0.500. The molecular weight excluding hydrogens is 298 g/mol. The number of aromatic nitrogens is 4. The summed E-state index contributed by atoms with van der Waals surface area (Å²) >= 11 is 11.7. The van der Waals surface area contributed by atoms with Crippen LogP contribution in [-0.4, -0.2) is 42.5 Å². The first kappa shape index (κ1) is 13.0. The maximum Gasteiger partial charge on any atom is 0.230 e. The molecule has 0 saturated carbocycles. The van der Waals surface area contributed by atoms with E-state index in [-0.39, 0.29) is 18.2 Å². The monoisotopic (exact) mass is 306 g/mol. The van der Waals surface area contributed by atoms with Crippen LogP contribution in [0.15, 0.2) is 12.7 Å². The quantitative estimate of drug-likeness (QED) is 0.675. The summed E-state index contributed by atoms with van der Waals surface area (Å²) in [7, 11) is 0. The van der Waals surface area contributed by atoms with Crippen molar-refractivity contribution in [2.24, 2.45) is 0 Å². The molecule has 0 aromatic carbocycles. The van der Waals surface area contributed by atoms with E-state index in [0.717, 1.165) is 0 Å². The van der Waals surface area contributed by atoms with Gasteiger partial charge in [-0.15, -0.1) is 0 Å². The fourth-order valence-corrected chi connectivity index (χ4v) is 2.61. The lowest BCUT2D eigenvalue weighted by molar-refractivity contribution is -0.0423. The van der Waals surface area contributed by atoms with Crippen molar-refractivity contribution in [3.63, 3.8) is 0 Å². The van der Waals surface area contributed by atoms with Gasteiger partial charge in [-0.2, -0.15) is 0 Å². The van der Waals surface area contributed by atoms with Gasteiger partial charge in [-0.25, -0.2) is 19.3 Å². The number of rotatable bonds is 2. The summed E-state index contributed by atoms with van der Waals surface area (Å²) in [4.78, 5) is 11.8. The van der Waals surface area contributed by atoms with E-state index in [1.165, 1.54) is 17.2 Å². The normalized spacial score (nSPS) is 31.2. The molecule has 1 saturated heterocycles. The lowest BCUT2D eigenvalue weighted by atomic mass is 10.2. The van der Waals surface area contributed by atoms with Crippen LogP contribution in [0, 0.1) is 0 Å². The SMILES string of the molecule is OC[C@@H]1C[C@](F)(Cl)[C@H](n2cnc3c(Cl)ncnc32)O1. The average Bonchev–Trinajstić information content (AvgIpc) is 2.90. The van der Waals surface area contributed by atoms with Crippen molar-refractivity contribution in [1.82, 2.24) is 19.5 Å². The van der Waals surface area contributed by atoms with Crippen LogP contribution in [0.3, 0.4) is 0 Å². The number of hydrogen-bond donors (Lipinski definition) is 1. The summed E-state index contributed by atoms with van der Waals surface area (Å²) in [5, 5.41) is 7.07. The minimum atomic E-state index is -2.14. The number of alkyl halides is 2. The lowest BCUT2D eigenvalue weighted by Crippen LogP contribution is -2.24. The van der Waals surface area contributed by atoms with E-state index < -0.39 is 17.5 Å². The molecule has 0 amide bonds. The molecule has 3 atom stereocenters. The molecule has 1 N–H and O–H groups in total. The number of imidazole rings is 1. The summed E-state index contributed by atoms with van der Waals surface area (Å²) in [6, 6.07) is 0. The van der Waals surface area contributed by atoms with Crippen LogP contribution in [0.25, 0.3) is 11.2 Å². The Morgan fingerprint density at radius 3 is 3.00 bits per heavy atom. The van der Waals surface area contributed by atoms with E-state index in [4.69, 9.17) is 33.0 Å². The predicted molar refractivity (Wildman–Crippen MR) is 65.6 cm³/mol. The van der Waals surface area contributed by atoms with E-state index in [1.54, 1.807) is 0 Å². The summed E-state index contributed by atoms with van der Waals surface area (Å²) < 4.78 is 21.0. The van der Waals surface area contributed by atoms with E-state index in [0.29, 0.717) is 11.2 Å². The molecule has 0 radical (unpaired) electrons. The number of aliphatic hydroxyl groups is 1. The van der Waals surface area contributed by atoms with Gasteiger partial charge in [0.15, 0.2) is 17.0 Å². The smallest absolute Gasteiger partial charge is 0.230 e. The maximum absolute atomic E-state index is 14.3. The van der Waals surface area contributed by atoms with Gasteiger partial charge in [-0.1, -0.05) is 23.2 Å². The van der Waals surface area contributed by atoms with Gasteiger partial charge in [0.2, 0.25) is 5.13 Å². The molecule has 1 aliphatic heterocycles. The predicted octanol–water partition coefficient (Wildman–Crippen LogP) is 1.66. The molecule has 1 aliphatic rings. The van der Waals surface area contributed by atoms with Crippen LogP contribution in [0.4, 0.5) is 4.39 Å². The zero-order valence-electron chi connectivity index (χ0n) is 9.50. The molecule has 9 heteroatoms. The van der Waals surface area contributed by atoms with Crippen molar-refractivity contribution in [2.75, 3.05) is 6.61 Å². The highest BCUT2D eigenvalue weighted by Crippen LogP contribution is 2.45. The van der Waals surface area contributed by atoms with Gasteiger partial charge in [0.05, 0.1) is 19.0 Å². The van der Waals surface area contributed by atoms with Crippen LogP contribution in [-0.2, 0) is 4.74 Å². The molecule has 3 heterocycles. The van der Waals surface area contributed by atoms with Crippen LogP contribution >= 0.6 is 23.2 Å². The Bertz CT molecular complexity index is 621. The summed E-state index contributed by atoms with van der Waals surface area (Å²) in [6.07, 6.45) is 0.681. The standard InChI is InChI=1S/C10H9Cl2FN4O2/c11-7-6-8(15-3-14-7)17(4-16-6)9-10(12,13)1-5(2-18)19-9/h3-5,9,18H,1-2H2/t5-,9+,10+/m0/s1. The summed E-state index contributed by atoms with van der Waals surface area (Å²) in [5.74, 6) is 0. The molecule has 102 valence electrons. The Balaban J connectivity index is 2.07. The first-order valence-corrected chi connectivity index (χ1v) is 6.25. The number of halogens is 3. The Labute approximate surface area is 117 Å². The van der Waals surface area contributed by atoms with Crippen LogP contribution in [0.2, 0.25) is 5.15 Å². The summed E-state index contributed by atoms with van der Waals surface area (Å²) in [6.45, 7) is -0.308. The number of nitrogens with zero attached hydrogens (tertiary/aromatic N) is 4. The molecule has 2 aromatic heterocycles. The molecule has 2 aromatic rings. The Hall–Kier alpha value is -1.02. The topological polar surface area (TPSA) is 73.1 Å². The van der Waals surface area contributed by atoms with E-state index >= 15 is 0 Å². The molecular formula is C10H9Cl2FN4O2. The minimum Gasteiger partial charge on any atom is -0.394 e. The second-order valence-electron chi connectivity index (χ2n) is 4.25. The van der Waals surface area contributed by atoms with Gasteiger partial charge in [0, 0.05) is 6.42 Å². The molecule has 0 unspecified atom stereocenters. The zero-order valence-corrected chi connectivity index (χ0v) is 11.0. The number of hydrogen-bond acceptors (Lipinski definition) is 5. The van der Waals surface area contributed by atoms with Crippen molar-refractivity contribution >= 4 is 34.4 Å². The molecule has 0 aliphatic carbocycles. The highest BCUT2D eigenvalue weighted by Gasteiger charge is 2.49. The van der Waals surface area contributed by atoms with E-state index in [9.17, 15) is 4.39 Å².